The van der Waals surface area contributed by atoms with Crippen LogP contribution in [0, 0.1) is 19.8 Å². The van der Waals surface area contributed by atoms with E-state index < -0.39 is 0 Å². The van der Waals surface area contributed by atoms with Crippen LogP contribution >= 0.6 is 46.0 Å². The zero-order valence-electron chi connectivity index (χ0n) is 24.3. The minimum absolute atomic E-state index is 0.0411. The quantitative estimate of drug-likeness (QED) is 0.164. The fraction of sp³-hybridized carbons (Fsp3) is 0.235. The number of halogens is 1. The SMILES string of the molecule is Cc1ccc(C)c(-n2c(SCC(=O)N3N=C4/C(=C/c5cccs5)CCCC4C3c3cccs3)nnc2-c2ccccc2Cl)c1. The van der Waals surface area contributed by atoms with Crippen molar-refractivity contribution in [2.75, 3.05) is 5.75 Å². The van der Waals surface area contributed by atoms with Gasteiger partial charge in [-0.25, -0.2) is 5.01 Å². The van der Waals surface area contributed by atoms with Gasteiger partial charge in [-0.15, -0.1) is 32.9 Å². The molecule has 1 saturated carbocycles. The van der Waals surface area contributed by atoms with E-state index in [1.165, 1.54) is 27.1 Å². The van der Waals surface area contributed by atoms with E-state index in [0.717, 1.165) is 47.4 Å². The van der Waals surface area contributed by atoms with Crippen molar-refractivity contribution in [3.8, 4) is 17.1 Å². The molecule has 4 heterocycles. The summed E-state index contributed by atoms with van der Waals surface area (Å²) in [5, 5.41) is 21.4. The van der Waals surface area contributed by atoms with Crippen LogP contribution in [0.25, 0.3) is 23.2 Å². The standard InChI is InChI=1S/C34H30ClN5OS3/c1-21-14-15-22(2)28(18-21)39-33(25-10-3-4-12-27(25)35)36-37-34(39)44-20-30(41)40-32(29-13-7-17-43-29)26-11-5-8-23(31(26)38-40)19-24-9-6-16-42-24/h3-4,6-7,9-10,12-19,26,32H,5,8,11,20H2,1-2H3/b23-19+. The zero-order valence-corrected chi connectivity index (χ0v) is 27.5. The highest BCUT2D eigenvalue weighted by molar-refractivity contribution is 7.99. The van der Waals surface area contributed by atoms with Crippen LogP contribution in [0.3, 0.4) is 0 Å². The van der Waals surface area contributed by atoms with E-state index in [2.05, 4.69) is 83.3 Å². The van der Waals surface area contributed by atoms with Crippen LogP contribution < -0.4 is 0 Å². The lowest BCUT2D eigenvalue weighted by molar-refractivity contribution is -0.130. The van der Waals surface area contributed by atoms with Crippen LogP contribution in [0.5, 0.6) is 0 Å². The first kappa shape index (κ1) is 29.2. The Labute approximate surface area is 274 Å². The highest BCUT2D eigenvalue weighted by Gasteiger charge is 2.44. The Morgan fingerprint density at radius 1 is 1.05 bits per heavy atom. The number of hydrazone groups is 1. The van der Waals surface area contributed by atoms with E-state index >= 15 is 0 Å². The predicted molar refractivity (Wildman–Crippen MR) is 183 cm³/mol. The third kappa shape index (κ3) is 5.58. The van der Waals surface area contributed by atoms with Gasteiger partial charge in [-0.1, -0.05) is 59.8 Å². The molecule has 3 aromatic heterocycles. The molecule has 10 heteroatoms. The Bertz CT molecular complexity index is 1880. The maximum atomic E-state index is 14.1. The number of thioether (sulfide) groups is 1. The van der Waals surface area contributed by atoms with Crippen LogP contribution in [0.1, 0.15) is 46.2 Å². The highest BCUT2D eigenvalue weighted by atomic mass is 35.5. The van der Waals surface area contributed by atoms with Crippen molar-refractivity contribution in [1.82, 2.24) is 19.8 Å². The fourth-order valence-corrected chi connectivity index (χ4v) is 8.61. The minimum atomic E-state index is -0.0966. The molecule has 2 aromatic carbocycles. The summed E-state index contributed by atoms with van der Waals surface area (Å²) in [4.78, 5) is 16.5. The molecule has 44 heavy (non-hydrogen) atoms. The first-order valence-corrected chi connectivity index (χ1v) is 17.7. The molecule has 0 radical (unpaired) electrons. The number of allylic oxidation sites excluding steroid dienone is 1. The number of carbonyl (C=O) groups excluding carboxylic acids is 1. The summed E-state index contributed by atoms with van der Waals surface area (Å²) < 4.78 is 2.02. The van der Waals surface area contributed by atoms with Gasteiger partial charge in [0.15, 0.2) is 11.0 Å². The van der Waals surface area contributed by atoms with Gasteiger partial charge in [0.25, 0.3) is 5.91 Å². The number of aromatic nitrogens is 3. The monoisotopic (exact) mass is 655 g/mol. The van der Waals surface area contributed by atoms with Crippen LogP contribution in [-0.4, -0.2) is 37.1 Å². The molecule has 1 fully saturated rings. The minimum Gasteiger partial charge on any atom is -0.272 e. The average Bonchev–Trinajstić information content (AvgIpc) is 3.84. The van der Waals surface area contributed by atoms with Gasteiger partial charge in [0, 0.05) is 21.2 Å². The number of rotatable bonds is 7. The number of thiophene rings is 2. The van der Waals surface area contributed by atoms with Crippen LogP contribution in [0.15, 0.2) is 93.3 Å². The second kappa shape index (κ2) is 12.5. The largest absolute Gasteiger partial charge is 0.272 e. The number of fused-ring (bicyclic) bond motifs is 1. The summed E-state index contributed by atoms with van der Waals surface area (Å²) in [7, 11) is 0. The molecule has 1 amide bonds. The zero-order chi connectivity index (χ0) is 30.2. The first-order chi connectivity index (χ1) is 21.5. The molecule has 7 rings (SSSR count). The third-order valence-corrected chi connectivity index (χ3v) is 11.1. The van der Waals surface area contributed by atoms with E-state index in [1.807, 2.05) is 28.8 Å². The predicted octanol–water partition coefficient (Wildman–Crippen LogP) is 9.24. The van der Waals surface area contributed by atoms with Crippen molar-refractivity contribution in [3.05, 3.63) is 109 Å². The Kier molecular flexibility index (Phi) is 8.29. The Hall–Kier alpha value is -3.50. The van der Waals surface area contributed by atoms with E-state index in [9.17, 15) is 4.79 Å². The Balaban J connectivity index is 1.23. The van der Waals surface area contributed by atoms with Crippen LogP contribution in [0.4, 0.5) is 0 Å². The molecule has 0 saturated heterocycles. The molecular formula is C34H30ClN5OS3. The number of carbonyl (C=O) groups is 1. The maximum absolute atomic E-state index is 14.1. The van der Waals surface area contributed by atoms with Crippen molar-refractivity contribution in [3.63, 3.8) is 0 Å². The lowest BCUT2D eigenvalue weighted by Gasteiger charge is -2.28. The lowest BCUT2D eigenvalue weighted by atomic mass is 9.79. The van der Waals surface area contributed by atoms with E-state index in [1.54, 1.807) is 27.7 Å². The lowest BCUT2D eigenvalue weighted by Crippen LogP contribution is -2.32. The summed E-state index contributed by atoms with van der Waals surface area (Å²) >= 11 is 11.4. The Morgan fingerprint density at radius 2 is 1.89 bits per heavy atom. The average molecular weight is 656 g/mol. The van der Waals surface area contributed by atoms with Gasteiger partial charge in [0.1, 0.15) is 0 Å². The van der Waals surface area contributed by atoms with Gasteiger partial charge < -0.3 is 0 Å². The van der Waals surface area contributed by atoms with E-state index in [0.29, 0.717) is 16.0 Å². The summed E-state index contributed by atoms with van der Waals surface area (Å²) in [6.45, 7) is 4.14. The molecule has 2 unspecified atom stereocenters. The van der Waals surface area contributed by atoms with Gasteiger partial charge in [-0.3, -0.25) is 9.36 Å². The highest BCUT2D eigenvalue weighted by Crippen LogP contribution is 2.46. The number of aryl methyl sites for hydroxylation is 2. The molecule has 222 valence electrons. The van der Waals surface area contributed by atoms with Crippen molar-refractivity contribution >= 4 is 63.7 Å². The molecule has 0 bridgehead atoms. The maximum Gasteiger partial charge on any atom is 0.253 e. The van der Waals surface area contributed by atoms with Gasteiger partial charge in [-0.05, 0) is 97.0 Å². The second-order valence-corrected chi connectivity index (χ2v) is 14.4. The number of benzene rings is 2. The van der Waals surface area contributed by atoms with Crippen molar-refractivity contribution < 1.29 is 4.79 Å². The Morgan fingerprint density at radius 3 is 2.68 bits per heavy atom. The summed E-state index contributed by atoms with van der Waals surface area (Å²) in [6.07, 6.45) is 5.34. The van der Waals surface area contributed by atoms with Gasteiger partial charge in [0.2, 0.25) is 0 Å². The van der Waals surface area contributed by atoms with Crippen molar-refractivity contribution in [2.45, 2.75) is 44.3 Å². The smallest absolute Gasteiger partial charge is 0.253 e. The third-order valence-electron chi connectivity index (χ3n) is 8.13. The molecular weight excluding hydrogens is 626 g/mol. The molecule has 2 atom stereocenters. The van der Waals surface area contributed by atoms with Gasteiger partial charge >= 0.3 is 0 Å². The second-order valence-electron chi connectivity index (χ2n) is 11.1. The molecule has 5 aromatic rings. The van der Waals surface area contributed by atoms with Crippen LogP contribution in [-0.2, 0) is 4.79 Å². The number of hydrogen-bond acceptors (Lipinski definition) is 7. The first-order valence-electron chi connectivity index (χ1n) is 14.6. The number of amides is 1. The molecule has 0 N–H and O–H groups in total. The van der Waals surface area contributed by atoms with Crippen molar-refractivity contribution in [1.29, 1.82) is 0 Å². The van der Waals surface area contributed by atoms with Gasteiger partial charge in [0.05, 0.1) is 28.2 Å². The van der Waals surface area contributed by atoms with Crippen molar-refractivity contribution in [2.24, 2.45) is 11.0 Å². The molecule has 0 spiro atoms. The van der Waals surface area contributed by atoms with Crippen LogP contribution in [0.2, 0.25) is 5.02 Å². The summed E-state index contributed by atoms with van der Waals surface area (Å²) in [5.74, 6) is 0.973. The molecule has 1 aliphatic heterocycles. The van der Waals surface area contributed by atoms with Gasteiger partial charge in [-0.2, -0.15) is 5.10 Å². The van der Waals surface area contributed by atoms with E-state index in [4.69, 9.17) is 16.7 Å². The summed E-state index contributed by atoms with van der Waals surface area (Å²) in [5.41, 5.74) is 6.26. The topological polar surface area (TPSA) is 63.4 Å². The number of nitrogens with zero attached hydrogens (tertiary/aromatic N) is 5. The number of hydrogen-bond donors (Lipinski definition) is 0. The normalized spacial score (nSPS) is 18.9. The fourth-order valence-electron chi connectivity index (χ4n) is 6.04. The molecule has 1 aliphatic carbocycles. The molecule has 2 aliphatic rings. The molecule has 6 nitrogen and oxygen atoms in total. The van der Waals surface area contributed by atoms with E-state index in [-0.39, 0.29) is 23.6 Å². The summed E-state index contributed by atoms with van der Waals surface area (Å²) in [6, 6.07) is 22.3.